The van der Waals surface area contributed by atoms with E-state index in [4.69, 9.17) is 5.73 Å². The zero-order valence-corrected chi connectivity index (χ0v) is 11.3. The number of aromatic nitrogens is 1. The SMILES string of the molecule is CC(C)c1ccc2[nH]c3c(c2c1)CC(CN)CC3. The van der Waals surface area contributed by atoms with Gasteiger partial charge in [0.15, 0.2) is 0 Å². The molecule has 0 saturated carbocycles. The Hall–Kier alpha value is -1.28. The molecule has 0 amide bonds. The number of benzene rings is 1. The second kappa shape index (κ2) is 4.43. The molecule has 0 fully saturated rings. The molecule has 1 heterocycles. The lowest BCUT2D eigenvalue weighted by Gasteiger charge is -2.20. The normalized spacial score (nSPS) is 19.4. The van der Waals surface area contributed by atoms with Gasteiger partial charge < -0.3 is 10.7 Å². The molecular weight excluding hydrogens is 220 g/mol. The molecule has 0 spiro atoms. The van der Waals surface area contributed by atoms with Crippen molar-refractivity contribution in [3.05, 3.63) is 35.0 Å². The van der Waals surface area contributed by atoms with Crippen LogP contribution in [0.3, 0.4) is 0 Å². The van der Waals surface area contributed by atoms with Crippen molar-refractivity contribution in [2.24, 2.45) is 11.7 Å². The Morgan fingerprint density at radius 2 is 2.22 bits per heavy atom. The minimum atomic E-state index is 0.592. The monoisotopic (exact) mass is 242 g/mol. The summed E-state index contributed by atoms with van der Waals surface area (Å²) in [4.78, 5) is 3.59. The molecule has 96 valence electrons. The number of hydrogen-bond acceptors (Lipinski definition) is 1. The number of H-pyrrole nitrogens is 1. The molecule has 2 heteroatoms. The summed E-state index contributed by atoms with van der Waals surface area (Å²) in [5, 5.41) is 1.43. The standard InChI is InChI=1S/C16H22N2/c1-10(2)12-4-6-16-14(8-12)13-7-11(9-17)3-5-15(13)18-16/h4,6,8,10-11,18H,3,5,7,9,17H2,1-2H3. The van der Waals surface area contributed by atoms with E-state index in [1.165, 1.54) is 34.1 Å². The predicted octanol–water partition coefficient (Wildman–Crippen LogP) is 3.35. The smallest absolute Gasteiger partial charge is 0.0459 e. The van der Waals surface area contributed by atoms with Crippen LogP contribution < -0.4 is 5.73 Å². The lowest BCUT2D eigenvalue weighted by molar-refractivity contribution is 0.468. The van der Waals surface area contributed by atoms with Crippen LogP contribution in [0.2, 0.25) is 0 Å². The molecule has 0 saturated heterocycles. The lowest BCUT2D eigenvalue weighted by Crippen LogP contribution is -2.21. The first kappa shape index (κ1) is 11.8. The van der Waals surface area contributed by atoms with Crippen LogP contribution in [0.25, 0.3) is 10.9 Å². The number of nitrogens with one attached hydrogen (secondary N) is 1. The molecule has 1 unspecified atom stereocenters. The van der Waals surface area contributed by atoms with Gasteiger partial charge in [0.05, 0.1) is 0 Å². The fourth-order valence-corrected chi connectivity index (χ4v) is 3.07. The van der Waals surface area contributed by atoms with E-state index in [2.05, 4.69) is 37.0 Å². The number of hydrogen-bond donors (Lipinski definition) is 2. The average molecular weight is 242 g/mol. The van der Waals surface area contributed by atoms with Crippen LogP contribution in [0.1, 0.15) is 43.0 Å². The quantitative estimate of drug-likeness (QED) is 0.833. The Labute approximate surface area is 109 Å². The molecule has 3 rings (SSSR count). The van der Waals surface area contributed by atoms with Crippen molar-refractivity contribution in [2.75, 3.05) is 6.54 Å². The number of nitrogens with two attached hydrogens (primary N) is 1. The molecule has 1 atom stereocenters. The molecular formula is C16H22N2. The number of aromatic amines is 1. The Balaban J connectivity index is 2.11. The number of rotatable bonds is 2. The fraction of sp³-hybridized carbons (Fsp3) is 0.500. The van der Waals surface area contributed by atoms with Gasteiger partial charge in [0.2, 0.25) is 0 Å². The maximum absolute atomic E-state index is 5.84. The largest absolute Gasteiger partial charge is 0.358 e. The van der Waals surface area contributed by atoms with Gasteiger partial charge in [0, 0.05) is 16.6 Å². The van der Waals surface area contributed by atoms with Crippen LogP contribution >= 0.6 is 0 Å². The van der Waals surface area contributed by atoms with Crippen molar-refractivity contribution in [3.8, 4) is 0 Å². The topological polar surface area (TPSA) is 41.8 Å². The van der Waals surface area contributed by atoms with E-state index in [1.54, 1.807) is 0 Å². The Morgan fingerprint density at radius 3 is 2.94 bits per heavy atom. The maximum atomic E-state index is 5.84. The van der Waals surface area contributed by atoms with Crippen molar-refractivity contribution in [2.45, 2.75) is 39.0 Å². The van der Waals surface area contributed by atoms with Gasteiger partial charge in [-0.15, -0.1) is 0 Å². The number of aryl methyl sites for hydroxylation is 1. The van der Waals surface area contributed by atoms with Crippen molar-refractivity contribution in [1.29, 1.82) is 0 Å². The van der Waals surface area contributed by atoms with E-state index in [0.717, 1.165) is 19.4 Å². The Kier molecular flexibility index (Phi) is 2.90. The molecule has 18 heavy (non-hydrogen) atoms. The van der Waals surface area contributed by atoms with Crippen LogP contribution in [0.4, 0.5) is 0 Å². The minimum Gasteiger partial charge on any atom is -0.358 e. The molecule has 1 aromatic heterocycles. The molecule has 3 N–H and O–H groups in total. The van der Waals surface area contributed by atoms with E-state index in [-0.39, 0.29) is 0 Å². The Bertz CT molecular complexity index is 566. The third-order valence-electron chi connectivity index (χ3n) is 4.31. The molecule has 0 bridgehead atoms. The molecule has 0 aliphatic heterocycles. The summed E-state index contributed by atoms with van der Waals surface area (Å²) in [5.41, 5.74) is 11.5. The van der Waals surface area contributed by atoms with Crippen molar-refractivity contribution in [3.63, 3.8) is 0 Å². The molecule has 1 aliphatic rings. The zero-order valence-electron chi connectivity index (χ0n) is 11.3. The van der Waals surface area contributed by atoms with E-state index < -0.39 is 0 Å². The molecule has 1 aliphatic carbocycles. The van der Waals surface area contributed by atoms with Gasteiger partial charge in [-0.1, -0.05) is 19.9 Å². The summed E-state index contributed by atoms with van der Waals surface area (Å²) in [7, 11) is 0. The van der Waals surface area contributed by atoms with E-state index in [1.807, 2.05) is 0 Å². The molecule has 0 radical (unpaired) electrons. The summed E-state index contributed by atoms with van der Waals surface area (Å²) in [6.45, 7) is 5.32. The highest BCUT2D eigenvalue weighted by Crippen LogP contribution is 2.33. The third-order valence-corrected chi connectivity index (χ3v) is 4.31. The van der Waals surface area contributed by atoms with Crippen LogP contribution in [0.5, 0.6) is 0 Å². The predicted molar refractivity (Wildman–Crippen MR) is 77.0 cm³/mol. The van der Waals surface area contributed by atoms with Crippen molar-refractivity contribution in [1.82, 2.24) is 4.98 Å². The summed E-state index contributed by atoms with van der Waals surface area (Å²) in [6.07, 6.45) is 3.53. The first-order valence-electron chi connectivity index (χ1n) is 7.02. The third kappa shape index (κ3) is 1.85. The summed E-state index contributed by atoms with van der Waals surface area (Å²) in [6, 6.07) is 6.85. The van der Waals surface area contributed by atoms with E-state index in [0.29, 0.717) is 11.8 Å². The van der Waals surface area contributed by atoms with Gasteiger partial charge in [-0.2, -0.15) is 0 Å². The van der Waals surface area contributed by atoms with Crippen molar-refractivity contribution >= 4 is 10.9 Å². The minimum absolute atomic E-state index is 0.592. The van der Waals surface area contributed by atoms with Gasteiger partial charge in [0.25, 0.3) is 0 Å². The van der Waals surface area contributed by atoms with Gasteiger partial charge in [-0.3, -0.25) is 0 Å². The lowest BCUT2D eigenvalue weighted by atomic mass is 9.86. The van der Waals surface area contributed by atoms with Crippen LogP contribution in [0, 0.1) is 5.92 Å². The van der Waals surface area contributed by atoms with E-state index >= 15 is 0 Å². The second-order valence-electron chi connectivity index (χ2n) is 5.89. The zero-order chi connectivity index (χ0) is 12.7. The van der Waals surface area contributed by atoms with Gasteiger partial charge in [-0.05, 0) is 60.9 Å². The highest BCUT2D eigenvalue weighted by molar-refractivity contribution is 5.85. The highest BCUT2D eigenvalue weighted by atomic mass is 14.7. The maximum Gasteiger partial charge on any atom is 0.0459 e. The van der Waals surface area contributed by atoms with Crippen LogP contribution in [-0.2, 0) is 12.8 Å². The molecule has 2 aromatic rings. The van der Waals surface area contributed by atoms with Gasteiger partial charge in [-0.25, -0.2) is 0 Å². The molecule has 2 nitrogen and oxygen atoms in total. The van der Waals surface area contributed by atoms with Crippen molar-refractivity contribution < 1.29 is 0 Å². The summed E-state index contributed by atoms with van der Waals surface area (Å²) in [5.74, 6) is 1.26. The van der Waals surface area contributed by atoms with Gasteiger partial charge >= 0.3 is 0 Å². The highest BCUT2D eigenvalue weighted by Gasteiger charge is 2.21. The average Bonchev–Trinajstić information content (AvgIpc) is 2.75. The molecule has 1 aromatic carbocycles. The van der Waals surface area contributed by atoms with E-state index in [9.17, 15) is 0 Å². The first-order chi connectivity index (χ1) is 8.69. The number of fused-ring (bicyclic) bond motifs is 3. The summed E-state index contributed by atoms with van der Waals surface area (Å²) >= 11 is 0. The van der Waals surface area contributed by atoms with Crippen LogP contribution in [0.15, 0.2) is 18.2 Å². The summed E-state index contributed by atoms with van der Waals surface area (Å²) < 4.78 is 0. The Morgan fingerprint density at radius 1 is 1.39 bits per heavy atom. The van der Waals surface area contributed by atoms with Gasteiger partial charge in [0.1, 0.15) is 0 Å². The fourth-order valence-electron chi connectivity index (χ4n) is 3.07. The van der Waals surface area contributed by atoms with Crippen LogP contribution in [-0.4, -0.2) is 11.5 Å². The second-order valence-corrected chi connectivity index (χ2v) is 5.89. The first-order valence-corrected chi connectivity index (χ1v) is 7.02.